The van der Waals surface area contributed by atoms with Gasteiger partial charge in [-0.2, -0.15) is 0 Å². The summed E-state index contributed by atoms with van der Waals surface area (Å²) in [5.74, 6) is -0.0380. The van der Waals surface area contributed by atoms with Crippen LogP contribution in [0.5, 0.6) is 0 Å². The Morgan fingerprint density at radius 2 is 1.97 bits per heavy atom. The van der Waals surface area contributed by atoms with Crippen molar-refractivity contribution < 1.29 is 9.53 Å². The Bertz CT molecular complexity index is 1190. The Labute approximate surface area is 212 Å². The third-order valence-electron chi connectivity index (χ3n) is 6.53. The number of nitrogens with one attached hydrogen (secondary N) is 2. The van der Waals surface area contributed by atoms with Gasteiger partial charge in [0.1, 0.15) is 0 Å². The monoisotopic (exact) mass is 491 g/mol. The molecule has 8 heteroatoms. The maximum absolute atomic E-state index is 12.8. The molecule has 1 aliphatic heterocycles. The molecule has 2 unspecified atom stereocenters. The van der Waals surface area contributed by atoms with E-state index >= 15 is 0 Å². The lowest BCUT2D eigenvalue weighted by Gasteiger charge is -2.28. The Balaban J connectivity index is 1.60. The van der Waals surface area contributed by atoms with Gasteiger partial charge in [-0.25, -0.2) is 0 Å². The molecular formula is C27H33N5O2S. The van der Waals surface area contributed by atoms with E-state index < -0.39 is 0 Å². The molecule has 1 fully saturated rings. The quantitative estimate of drug-likeness (QED) is 0.431. The van der Waals surface area contributed by atoms with Gasteiger partial charge in [0.25, 0.3) is 0 Å². The summed E-state index contributed by atoms with van der Waals surface area (Å²) in [6, 6.07) is 15.8. The Hall–Kier alpha value is -3.23. The van der Waals surface area contributed by atoms with Crippen molar-refractivity contribution in [2.75, 3.05) is 25.6 Å². The van der Waals surface area contributed by atoms with Gasteiger partial charge in [0.2, 0.25) is 5.91 Å². The standard InChI is InChI=1S/C27H33N5O2S/c1-18-8-7-9-21(16-18)29-24(33)11-13-32-26(22-17-19(2)31(20(22)3)14-15-34-4)25(30-27(32)35)23-10-5-6-12-28-23/h5-10,12,16-17,25-26H,11,13-15H2,1-4H3,(H,29,33)(H,30,35). The molecule has 7 nitrogen and oxygen atoms in total. The van der Waals surface area contributed by atoms with Gasteiger partial charge < -0.3 is 24.8 Å². The first-order chi connectivity index (χ1) is 16.9. The number of hydrogen-bond donors (Lipinski definition) is 2. The summed E-state index contributed by atoms with van der Waals surface area (Å²) in [5, 5.41) is 7.12. The number of methoxy groups -OCH3 is 1. The third-order valence-corrected chi connectivity index (χ3v) is 6.88. The van der Waals surface area contributed by atoms with E-state index in [0.717, 1.165) is 23.5 Å². The van der Waals surface area contributed by atoms with Gasteiger partial charge in [-0.05, 0) is 74.4 Å². The minimum Gasteiger partial charge on any atom is -0.383 e. The number of pyridine rings is 1. The van der Waals surface area contributed by atoms with E-state index in [-0.39, 0.29) is 18.0 Å². The summed E-state index contributed by atoms with van der Waals surface area (Å²) in [7, 11) is 1.72. The number of nitrogens with zero attached hydrogens (tertiary/aromatic N) is 3. The number of carbonyl (C=O) groups is 1. The smallest absolute Gasteiger partial charge is 0.226 e. The van der Waals surface area contributed by atoms with E-state index in [9.17, 15) is 4.79 Å². The minimum absolute atomic E-state index is 0.0380. The lowest BCUT2D eigenvalue weighted by Crippen LogP contribution is -2.33. The fraction of sp³-hybridized carbons (Fsp3) is 0.370. The fourth-order valence-corrected chi connectivity index (χ4v) is 5.14. The predicted octanol–water partition coefficient (Wildman–Crippen LogP) is 4.46. The average molecular weight is 492 g/mol. The predicted molar refractivity (Wildman–Crippen MR) is 142 cm³/mol. The molecule has 4 rings (SSSR count). The van der Waals surface area contributed by atoms with Crippen LogP contribution < -0.4 is 10.6 Å². The molecule has 0 saturated carbocycles. The second-order valence-corrected chi connectivity index (χ2v) is 9.35. The van der Waals surface area contributed by atoms with Crippen LogP contribution in [0.1, 0.15) is 46.7 Å². The summed E-state index contributed by atoms with van der Waals surface area (Å²) in [6.07, 6.45) is 2.13. The van der Waals surface area contributed by atoms with Gasteiger partial charge in [-0.15, -0.1) is 0 Å². The van der Waals surface area contributed by atoms with E-state index in [1.54, 1.807) is 13.3 Å². The molecule has 3 aromatic rings. The van der Waals surface area contributed by atoms with Crippen molar-refractivity contribution in [1.29, 1.82) is 0 Å². The first kappa shape index (κ1) is 24.9. The fourth-order valence-electron chi connectivity index (χ4n) is 4.81. The lowest BCUT2D eigenvalue weighted by molar-refractivity contribution is -0.116. The molecule has 0 spiro atoms. The van der Waals surface area contributed by atoms with E-state index in [1.165, 1.54) is 17.0 Å². The Morgan fingerprint density at radius 1 is 1.14 bits per heavy atom. The summed E-state index contributed by atoms with van der Waals surface area (Å²) >= 11 is 5.77. The van der Waals surface area contributed by atoms with Crippen LogP contribution in [0.25, 0.3) is 0 Å². The number of rotatable bonds is 9. The molecule has 1 saturated heterocycles. The van der Waals surface area contributed by atoms with Crippen LogP contribution in [-0.2, 0) is 16.1 Å². The number of thiocarbonyl (C=S) groups is 1. The number of amides is 1. The van der Waals surface area contributed by atoms with E-state index in [2.05, 4.69) is 45.0 Å². The molecule has 3 heterocycles. The largest absolute Gasteiger partial charge is 0.383 e. The second-order valence-electron chi connectivity index (χ2n) is 8.96. The van der Waals surface area contributed by atoms with Crippen molar-refractivity contribution in [3.63, 3.8) is 0 Å². The van der Waals surface area contributed by atoms with Gasteiger partial charge in [0.15, 0.2) is 5.11 Å². The van der Waals surface area contributed by atoms with Crippen LogP contribution in [0.15, 0.2) is 54.7 Å². The van der Waals surface area contributed by atoms with Crippen molar-refractivity contribution in [3.8, 4) is 0 Å². The molecule has 2 N–H and O–H groups in total. The van der Waals surface area contributed by atoms with Crippen LogP contribution in [-0.4, -0.2) is 45.7 Å². The number of ether oxygens (including phenoxy) is 1. The summed E-state index contributed by atoms with van der Waals surface area (Å²) in [6.45, 7) is 8.18. The molecule has 1 aromatic carbocycles. The summed E-state index contributed by atoms with van der Waals surface area (Å²) in [5.41, 5.74) is 6.36. The van der Waals surface area contributed by atoms with Crippen LogP contribution >= 0.6 is 12.2 Å². The molecular weight excluding hydrogens is 458 g/mol. The average Bonchev–Trinajstić information content (AvgIpc) is 3.31. The second kappa shape index (κ2) is 11.0. The number of anilines is 1. The van der Waals surface area contributed by atoms with Crippen molar-refractivity contribution in [1.82, 2.24) is 19.8 Å². The zero-order valence-electron chi connectivity index (χ0n) is 20.7. The Kier molecular flexibility index (Phi) is 7.83. The van der Waals surface area contributed by atoms with E-state index in [0.29, 0.717) is 24.7 Å². The van der Waals surface area contributed by atoms with E-state index in [4.69, 9.17) is 17.0 Å². The van der Waals surface area contributed by atoms with Crippen LogP contribution in [0, 0.1) is 20.8 Å². The molecule has 2 aromatic heterocycles. The normalized spacial score (nSPS) is 17.5. The van der Waals surface area contributed by atoms with E-state index in [1.807, 2.05) is 49.4 Å². The first-order valence-corrected chi connectivity index (χ1v) is 12.3. The van der Waals surface area contributed by atoms with Gasteiger partial charge in [-0.3, -0.25) is 9.78 Å². The van der Waals surface area contributed by atoms with Crippen LogP contribution in [0.4, 0.5) is 5.69 Å². The third kappa shape index (κ3) is 5.55. The van der Waals surface area contributed by atoms with Crippen LogP contribution in [0.3, 0.4) is 0 Å². The lowest BCUT2D eigenvalue weighted by atomic mass is 9.96. The zero-order chi connectivity index (χ0) is 24.9. The van der Waals surface area contributed by atoms with Crippen molar-refractivity contribution in [3.05, 3.63) is 82.9 Å². The van der Waals surface area contributed by atoms with Gasteiger partial charge in [0.05, 0.1) is 24.4 Å². The molecule has 1 aliphatic rings. The minimum atomic E-state index is -0.111. The molecule has 0 radical (unpaired) electrons. The van der Waals surface area contributed by atoms with Gasteiger partial charge in [0, 0.05) is 49.9 Å². The zero-order valence-corrected chi connectivity index (χ0v) is 21.6. The highest BCUT2D eigenvalue weighted by Gasteiger charge is 2.41. The van der Waals surface area contributed by atoms with Crippen molar-refractivity contribution in [2.24, 2.45) is 0 Å². The number of carbonyl (C=O) groups excluding carboxylic acids is 1. The van der Waals surface area contributed by atoms with Gasteiger partial charge >= 0.3 is 0 Å². The van der Waals surface area contributed by atoms with Crippen LogP contribution in [0.2, 0.25) is 0 Å². The molecule has 0 aliphatic carbocycles. The topological polar surface area (TPSA) is 71.4 Å². The number of benzene rings is 1. The molecule has 184 valence electrons. The maximum atomic E-state index is 12.8. The molecule has 35 heavy (non-hydrogen) atoms. The molecule has 0 bridgehead atoms. The highest BCUT2D eigenvalue weighted by molar-refractivity contribution is 7.80. The molecule has 2 atom stereocenters. The number of hydrogen-bond acceptors (Lipinski definition) is 4. The highest BCUT2D eigenvalue weighted by Crippen LogP contribution is 2.40. The SMILES string of the molecule is COCCn1c(C)cc(C2C(c3ccccn3)NC(=S)N2CCC(=O)Nc2cccc(C)c2)c1C. The Morgan fingerprint density at radius 3 is 2.69 bits per heavy atom. The maximum Gasteiger partial charge on any atom is 0.226 e. The summed E-state index contributed by atoms with van der Waals surface area (Å²) < 4.78 is 7.60. The number of aryl methyl sites for hydroxylation is 2. The molecule has 1 amide bonds. The van der Waals surface area contributed by atoms with Crippen molar-refractivity contribution >= 4 is 28.9 Å². The van der Waals surface area contributed by atoms with Crippen molar-refractivity contribution in [2.45, 2.75) is 45.8 Å². The first-order valence-electron chi connectivity index (χ1n) is 11.9. The number of aromatic nitrogens is 2. The summed E-state index contributed by atoms with van der Waals surface area (Å²) in [4.78, 5) is 19.5. The van der Waals surface area contributed by atoms with Gasteiger partial charge in [-0.1, -0.05) is 18.2 Å². The highest BCUT2D eigenvalue weighted by atomic mass is 32.1.